The number of carboxylic acids is 1. The van der Waals surface area contributed by atoms with Gasteiger partial charge < -0.3 is 10.4 Å². The Morgan fingerprint density at radius 3 is 2.46 bits per heavy atom. The molecule has 2 aliphatic rings. The number of aliphatic carboxylic acids is 1. The van der Waals surface area contributed by atoms with Crippen LogP contribution in [-0.2, 0) is 4.79 Å². The molecular weight excluding hydrogens is 346 g/mol. The van der Waals surface area contributed by atoms with Gasteiger partial charge in [-0.3, -0.25) is 4.79 Å². The lowest BCUT2D eigenvalue weighted by atomic mass is 9.78. The van der Waals surface area contributed by atoms with E-state index >= 15 is 0 Å². The third-order valence-corrected chi connectivity index (χ3v) is 6.88. The minimum Gasteiger partial charge on any atom is -0.481 e. The topological polar surface area (TPSA) is 49.3 Å². The van der Waals surface area contributed by atoms with Gasteiger partial charge in [-0.15, -0.1) is 0 Å². The molecule has 2 aliphatic carbocycles. The zero-order valence-electron chi connectivity index (χ0n) is 17.8. The van der Waals surface area contributed by atoms with Crippen LogP contribution >= 0.6 is 0 Å². The minimum atomic E-state index is -0.669. The number of nitrogens with one attached hydrogen (secondary N) is 1. The fourth-order valence-corrected chi connectivity index (χ4v) is 4.62. The van der Waals surface area contributed by atoms with Crippen LogP contribution in [0, 0.1) is 17.3 Å². The minimum absolute atomic E-state index is 0.585. The smallest absolute Gasteiger partial charge is 0.309 e. The van der Waals surface area contributed by atoms with Crippen LogP contribution < -0.4 is 5.32 Å². The lowest BCUT2D eigenvalue weighted by Gasteiger charge is -2.31. The molecule has 0 heterocycles. The summed E-state index contributed by atoms with van der Waals surface area (Å²) in [5, 5.41) is 13.2. The molecule has 3 heteroatoms. The van der Waals surface area contributed by atoms with Gasteiger partial charge >= 0.3 is 5.97 Å². The van der Waals surface area contributed by atoms with Crippen LogP contribution in [0.2, 0.25) is 0 Å². The van der Waals surface area contributed by atoms with Crippen LogP contribution in [0.1, 0.15) is 77.7 Å². The lowest BCUT2D eigenvalue weighted by molar-refractivity contribution is -0.147. The number of carboxylic acid groups (broad SMARTS) is 1. The average Bonchev–Trinajstić information content (AvgIpc) is 3.45. The van der Waals surface area contributed by atoms with Crippen molar-refractivity contribution in [3.8, 4) is 0 Å². The van der Waals surface area contributed by atoms with Crippen LogP contribution in [0.25, 0.3) is 6.08 Å². The van der Waals surface area contributed by atoms with Crippen molar-refractivity contribution in [2.75, 3.05) is 0 Å². The highest BCUT2D eigenvalue weighted by Gasteiger charge is 2.40. The van der Waals surface area contributed by atoms with Gasteiger partial charge in [-0.2, -0.15) is 0 Å². The van der Waals surface area contributed by atoms with Crippen molar-refractivity contribution in [2.24, 2.45) is 17.3 Å². The predicted molar refractivity (Wildman–Crippen MR) is 116 cm³/mol. The molecule has 0 spiro atoms. The molecule has 1 aromatic rings. The molecule has 2 atom stereocenters. The summed E-state index contributed by atoms with van der Waals surface area (Å²) in [6.07, 6.45) is 11.6. The summed E-state index contributed by atoms with van der Waals surface area (Å²) in [5.74, 6) is 0.744. The van der Waals surface area contributed by atoms with E-state index in [9.17, 15) is 9.90 Å². The highest BCUT2D eigenvalue weighted by atomic mass is 16.4. The SMILES string of the molecule is CC/C(=C\c1ccccc1)[C@@H]1C[C@H]1NC1CCC(CCC(C)(C)C(=O)O)CC1. The van der Waals surface area contributed by atoms with Gasteiger partial charge in [-0.25, -0.2) is 0 Å². The standard InChI is InChI=1S/C25H37NO2/c1-4-20(16-19-8-6-5-7-9-19)22-17-23(22)26-21-12-10-18(11-13-21)14-15-25(2,3)24(27)28/h5-9,16,18,21-23,26H,4,10-15,17H2,1-3H3,(H,27,28)/b20-16+/t18?,21?,22-,23+/m0/s1. The van der Waals surface area contributed by atoms with Crippen LogP contribution in [0.3, 0.4) is 0 Å². The van der Waals surface area contributed by atoms with Gasteiger partial charge in [0.25, 0.3) is 0 Å². The first kappa shape index (κ1) is 21.1. The Hall–Kier alpha value is -1.61. The van der Waals surface area contributed by atoms with Gasteiger partial charge in [0.15, 0.2) is 0 Å². The maximum Gasteiger partial charge on any atom is 0.309 e. The molecule has 3 rings (SSSR count). The summed E-state index contributed by atoms with van der Waals surface area (Å²) in [6, 6.07) is 12.0. The van der Waals surface area contributed by atoms with Crippen molar-refractivity contribution in [1.82, 2.24) is 5.32 Å². The molecule has 28 heavy (non-hydrogen) atoms. The van der Waals surface area contributed by atoms with Gasteiger partial charge in [0.05, 0.1) is 5.41 Å². The van der Waals surface area contributed by atoms with E-state index in [1.165, 1.54) is 37.7 Å². The first-order chi connectivity index (χ1) is 13.4. The third kappa shape index (κ3) is 5.70. The van der Waals surface area contributed by atoms with Crippen molar-refractivity contribution >= 4 is 12.0 Å². The van der Waals surface area contributed by atoms with Gasteiger partial charge in [0.1, 0.15) is 0 Å². The Morgan fingerprint density at radius 1 is 1.18 bits per heavy atom. The van der Waals surface area contributed by atoms with E-state index in [2.05, 4.69) is 48.6 Å². The number of hydrogen-bond acceptors (Lipinski definition) is 2. The zero-order chi connectivity index (χ0) is 20.1. The highest BCUT2D eigenvalue weighted by molar-refractivity contribution is 5.73. The second-order valence-corrected chi connectivity index (χ2v) is 9.54. The van der Waals surface area contributed by atoms with E-state index in [1.807, 2.05) is 13.8 Å². The third-order valence-electron chi connectivity index (χ3n) is 6.88. The fourth-order valence-electron chi connectivity index (χ4n) is 4.62. The summed E-state index contributed by atoms with van der Waals surface area (Å²) in [4.78, 5) is 11.3. The van der Waals surface area contributed by atoms with E-state index in [0.717, 1.165) is 19.3 Å². The molecule has 0 bridgehead atoms. The van der Waals surface area contributed by atoms with E-state index in [-0.39, 0.29) is 0 Å². The Labute approximate surface area is 170 Å². The fraction of sp³-hybridized carbons (Fsp3) is 0.640. The Balaban J connectivity index is 1.41. The first-order valence-electron chi connectivity index (χ1n) is 11.1. The van der Waals surface area contributed by atoms with Gasteiger partial charge in [-0.1, -0.05) is 48.9 Å². The van der Waals surface area contributed by atoms with E-state index in [1.54, 1.807) is 5.57 Å². The van der Waals surface area contributed by atoms with E-state index in [4.69, 9.17) is 0 Å². The highest BCUT2D eigenvalue weighted by Crippen LogP contribution is 2.41. The second-order valence-electron chi connectivity index (χ2n) is 9.54. The van der Waals surface area contributed by atoms with Gasteiger partial charge in [0, 0.05) is 12.1 Å². The molecule has 0 aliphatic heterocycles. The summed E-state index contributed by atoms with van der Waals surface area (Å²) < 4.78 is 0. The van der Waals surface area contributed by atoms with Crippen molar-refractivity contribution in [3.63, 3.8) is 0 Å². The molecule has 0 amide bonds. The molecule has 3 nitrogen and oxygen atoms in total. The molecule has 2 fully saturated rings. The quantitative estimate of drug-likeness (QED) is 0.557. The predicted octanol–water partition coefficient (Wildman–Crippen LogP) is 5.91. The molecule has 1 aromatic carbocycles. The van der Waals surface area contributed by atoms with Crippen LogP contribution in [0.15, 0.2) is 35.9 Å². The summed E-state index contributed by atoms with van der Waals surface area (Å²) >= 11 is 0. The Morgan fingerprint density at radius 2 is 1.86 bits per heavy atom. The number of hydrogen-bond donors (Lipinski definition) is 2. The molecule has 0 aromatic heterocycles. The molecule has 2 saturated carbocycles. The maximum absolute atomic E-state index is 11.3. The maximum atomic E-state index is 11.3. The number of benzene rings is 1. The van der Waals surface area contributed by atoms with Crippen molar-refractivity contribution in [2.45, 2.75) is 84.2 Å². The first-order valence-corrected chi connectivity index (χ1v) is 11.1. The average molecular weight is 384 g/mol. The Kier molecular flexibility index (Phi) is 6.98. The van der Waals surface area contributed by atoms with E-state index in [0.29, 0.717) is 23.9 Å². The molecule has 2 N–H and O–H groups in total. The van der Waals surface area contributed by atoms with Crippen LogP contribution in [-0.4, -0.2) is 23.2 Å². The molecule has 0 saturated heterocycles. The molecule has 0 unspecified atom stereocenters. The van der Waals surface area contributed by atoms with E-state index < -0.39 is 11.4 Å². The van der Waals surface area contributed by atoms with Crippen LogP contribution in [0.5, 0.6) is 0 Å². The molecular formula is C25H37NO2. The normalized spacial score (nSPS) is 28.2. The lowest BCUT2D eigenvalue weighted by Crippen LogP contribution is -2.36. The summed E-state index contributed by atoms with van der Waals surface area (Å²) in [6.45, 7) is 5.97. The summed E-state index contributed by atoms with van der Waals surface area (Å²) in [5.41, 5.74) is 2.31. The number of rotatable bonds is 9. The molecule has 154 valence electrons. The van der Waals surface area contributed by atoms with Crippen molar-refractivity contribution < 1.29 is 9.90 Å². The van der Waals surface area contributed by atoms with Crippen molar-refractivity contribution in [1.29, 1.82) is 0 Å². The monoisotopic (exact) mass is 383 g/mol. The van der Waals surface area contributed by atoms with Gasteiger partial charge in [0.2, 0.25) is 0 Å². The van der Waals surface area contributed by atoms with Crippen LogP contribution in [0.4, 0.5) is 0 Å². The largest absolute Gasteiger partial charge is 0.481 e. The van der Waals surface area contributed by atoms with Gasteiger partial charge in [-0.05, 0) is 82.6 Å². The zero-order valence-corrected chi connectivity index (χ0v) is 17.8. The summed E-state index contributed by atoms with van der Waals surface area (Å²) in [7, 11) is 0. The van der Waals surface area contributed by atoms with Crippen molar-refractivity contribution in [3.05, 3.63) is 41.5 Å². The molecule has 0 radical (unpaired) electrons. The second kappa shape index (κ2) is 9.26. The Bertz CT molecular complexity index is 671. The number of carbonyl (C=O) groups is 1.